The Labute approximate surface area is 106 Å². The molecule has 1 aromatic carbocycles. The molecule has 0 aliphatic rings. The molecule has 0 aliphatic heterocycles. The quantitative estimate of drug-likeness (QED) is 0.803. The first-order valence-corrected chi connectivity index (χ1v) is 5.42. The number of aryl methyl sites for hydroxylation is 1. The first kappa shape index (κ1) is 13.3. The lowest BCUT2D eigenvalue weighted by atomic mass is 10.0. The number of ketones is 1. The SMILES string of the molecule is Cn1nncc1C(=O)Cc1cccc(C(F)(F)F)c1. The van der Waals surface area contributed by atoms with E-state index in [1.165, 1.54) is 23.0 Å². The van der Waals surface area contributed by atoms with E-state index in [2.05, 4.69) is 10.3 Å². The molecule has 0 saturated heterocycles. The van der Waals surface area contributed by atoms with Crippen molar-refractivity contribution < 1.29 is 18.0 Å². The molecule has 4 nitrogen and oxygen atoms in total. The third-order valence-corrected chi connectivity index (χ3v) is 2.62. The Bertz CT molecular complexity index is 604. The van der Waals surface area contributed by atoms with Crippen LogP contribution in [-0.2, 0) is 19.6 Å². The maximum atomic E-state index is 12.5. The van der Waals surface area contributed by atoms with Crippen LogP contribution in [0.25, 0.3) is 0 Å². The van der Waals surface area contributed by atoms with Crippen molar-refractivity contribution in [1.29, 1.82) is 0 Å². The van der Waals surface area contributed by atoms with E-state index >= 15 is 0 Å². The van der Waals surface area contributed by atoms with Gasteiger partial charge in [0.25, 0.3) is 0 Å². The Morgan fingerprint density at radius 1 is 1.37 bits per heavy atom. The third-order valence-electron chi connectivity index (χ3n) is 2.62. The summed E-state index contributed by atoms with van der Waals surface area (Å²) < 4.78 is 38.9. The van der Waals surface area contributed by atoms with Crippen LogP contribution < -0.4 is 0 Å². The number of Topliss-reactive ketones (excluding diaryl/α,β-unsaturated/α-hetero) is 1. The highest BCUT2D eigenvalue weighted by Crippen LogP contribution is 2.29. The summed E-state index contributed by atoms with van der Waals surface area (Å²) in [5.41, 5.74) is -0.195. The number of benzene rings is 1. The van der Waals surface area contributed by atoms with Gasteiger partial charge in [-0.15, -0.1) is 5.10 Å². The second-order valence-corrected chi connectivity index (χ2v) is 4.04. The molecule has 2 rings (SSSR count). The van der Waals surface area contributed by atoms with Crippen molar-refractivity contribution in [2.75, 3.05) is 0 Å². The molecule has 0 radical (unpaired) electrons. The summed E-state index contributed by atoms with van der Waals surface area (Å²) in [7, 11) is 1.55. The van der Waals surface area contributed by atoms with Crippen molar-refractivity contribution in [3.8, 4) is 0 Å². The number of rotatable bonds is 3. The first-order valence-electron chi connectivity index (χ1n) is 5.42. The smallest absolute Gasteiger partial charge is 0.292 e. The van der Waals surface area contributed by atoms with Crippen LogP contribution in [-0.4, -0.2) is 20.8 Å². The van der Waals surface area contributed by atoms with Crippen LogP contribution in [0.4, 0.5) is 13.2 Å². The van der Waals surface area contributed by atoms with Crippen LogP contribution >= 0.6 is 0 Å². The second-order valence-electron chi connectivity index (χ2n) is 4.04. The van der Waals surface area contributed by atoms with Gasteiger partial charge in [-0.2, -0.15) is 13.2 Å². The van der Waals surface area contributed by atoms with E-state index in [4.69, 9.17) is 0 Å². The van der Waals surface area contributed by atoms with Crippen LogP contribution in [0.2, 0.25) is 0 Å². The monoisotopic (exact) mass is 269 g/mol. The van der Waals surface area contributed by atoms with Crippen LogP contribution in [0.3, 0.4) is 0 Å². The summed E-state index contributed by atoms with van der Waals surface area (Å²) in [6, 6.07) is 4.71. The number of aromatic nitrogens is 3. The van der Waals surface area contributed by atoms with Gasteiger partial charge < -0.3 is 0 Å². The maximum Gasteiger partial charge on any atom is 0.416 e. The molecule has 0 spiro atoms. The summed E-state index contributed by atoms with van der Waals surface area (Å²) in [4.78, 5) is 11.9. The van der Waals surface area contributed by atoms with Crippen LogP contribution in [0.15, 0.2) is 30.5 Å². The Morgan fingerprint density at radius 3 is 2.68 bits per heavy atom. The van der Waals surface area contributed by atoms with E-state index in [0.717, 1.165) is 12.1 Å². The van der Waals surface area contributed by atoms with Gasteiger partial charge in [0.05, 0.1) is 11.8 Å². The van der Waals surface area contributed by atoms with Crippen LogP contribution in [0.5, 0.6) is 0 Å². The Hall–Kier alpha value is -2.18. The highest BCUT2D eigenvalue weighted by atomic mass is 19.4. The molecule has 7 heteroatoms. The van der Waals surface area contributed by atoms with Gasteiger partial charge in [0.15, 0.2) is 5.78 Å². The van der Waals surface area contributed by atoms with Gasteiger partial charge in [0.1, 0.15) is 5.69 Å². The molecule has 2 aromatic rings. The van der Waals surface area contributed by atoms with E-state index in [0.29, 0.717) is 5.56 Å². The minimum atomic E-state index is -4.41. The molecule has 0 amide bonds. The lowest BCUT2D eigenvalue weighted by molar-refractivity contribution is -0.137. The lowest BCUT2D eigenvalue weighted by Gasteiger charge is -2.08. The molecule has 19 heavy (non-hydrogen) atoms. The van der Waals surface area contributed by atoms with E-state index in [9.17, 15) is 18.0 Å². The molecule has 0 unspecified atom stereocenters. The molecule has 100 valence electrons. The summed E-state index contributed by atoms with van der Waals surface area (Å²) in [5, 5.41) is 7.16. The van der Waals surface area contributed by atoms with E-state index in [1.807, 2.05) is 0 Å². The van der Waals surface area contributed by atoms with Crippen LogP contribution in [0, 0.1) is 0 Å². The number of hydrogen-bond acceptors (Lipinski definition) is 3. The fourth-order valence-corrected chi connectivity index (χ4v) is 1.68. The lowest BCUT2D eigenvalue weighted by Crippen LogP contribution is -2.11. The van der Waals surface area contributed by atoms with Gasteiger partial charge in [-0.3, -0.25) is 4.79 Å². The van der Waals surface area contributed by atoms with Gasteiger partial charge in [-0.05, 0) is 11.6 Å². The molecule has 0 N–H and O–H groups in total. The summed E-state index contributed by atoms with van der Waals surface area (Å²) in [6.07, 6.45) is -3.24. The van der Waals surface area contributed by atoms with Gasteiger partial charge in [-0.25, -0.2) is 4.68 Å². The highest BCUT2D eigenvalue weighted by Gasteiger charge is 2.30. The van der Waals surface area contributed by atoms with Crippen molar-refractivity contribution in [2.24, 2.45) is 7.05 Å². The number of carbonyl (C=O) groups excluding carboxylic acids is 1. The molecule has 0 aliphatic carbocycles. The van der Waals surface area contributed by atoms with Gasteiger partial charge in [0, 0.05) is 13.5 Å². The number of carbonyl (C=O) groups is 1. The Morgan fingerprint density at radius 2 is 2.11 bits per heavy atom. The summed E-state index contributed by atoms with van der Waals surface area (Å²) >= 11 is 0. The largest absolute Gasteiger partial charge is 0.416 e. The topological polar surface area (TPSA) is 47.8 Å². The van der Waals surface area contributed by atoms with E-state index in [-0.39, 0.29) is 17.9 Å². The predicted octanol–water partition coefficient (Wildman–Crippen LogP) is 2.26. The normalized spacial score (nSPS) is 11.6. The fourth-order valence-electron chi connectivity index (χ4n) is 1.68. The first-order chi connectivity index (χ1) is 8.88. The fraction of sp³-hybridized carbons (Fsp3) is 0.250. The molecule has 1 aromatic heterocycles. The zero-order valence-electron chi connectivity index (χ0n) is 9.98. The molecule has 1 heterocycles. The maximum absolute atomic E-state index is 12.5. The van der Waals surface area contributed by atoms with Gasteiger partial charge in [-0.1, -0.05) is 23.4 Å². The van der Waals surface area contributed by atoms with E-state index in [1.54, 1.807) is 7.05 Å². The minimum absolute atomic E-state index is 0.120. The number of halogens is 3. The molecule has 0 saturated carbocycles. The summed E-state index contributed by atoms with van der Waals surface area (Å²) in [5.74, 6) is -0.327. The molecule has 0 bridgehead atoms. The van der Waals surface area contributed by atoms with Crippen molar-refractivity contribution in [1.82, 2.24) is 15.0 Å². The minimum Gasteiger partial charge on any atom is -0.292 e. The summed E-state index contributed by atoms with van der Waals surface area (Å²) in [6.45, 7) is 0. The number of hydrogen-bond donors (Lipinski definition) is 0. The third kappa shape index (κ3) is 2.98. The molecular formula is C12H10F3N3O. The average molecular weight is 269 g/mol. The van der Waals surface area contributed by atoms with Gasteiger partial charge >= 0.3 is 6.18 Å². The van der Waals surface area contributed by atoms with Crippen molar-refractivity contribution >= 4 is 5.78 Å². The second kappa shape index (κ2) is 4.83. The van der Waals surface area contributed by atoms with Crippen molar-refractivity contribution in [2.45, 2.75) is 12.6 Å². The average Bonchev–Trinajstić information content (AvgIpc) is 2.75. The van der Waals surface area contributed by atoms with Crippen LogP contribution in [0.1, 0.15) is 21.6 Å². The Kier molecular flexibility index (Phi) is 3.37. The molecular weight excluding hydrogens is 259 g/mol. The number of alkyl halides is 3. The molecule has 0 atom stereocenters. The van der Waals surface area contributed by atoms with Crippen molar-refractivity contribution in [3.63, 3.8) is 0 Å². The van der Waals surface area contributed by atoms with E-state index < -0.39 is 11.7 Å². The van der Waals surface area contributed by atoms with Crippen molar-refractivity contribution in [3.05, 3.63) is 47.3 Å². The predicted molar refractivity (Wildman–Crippen MR) is 60.5 cm³/mol. The molecule has 0 fully saturated rings. The van der Waals surface area contributed by atoms with Gasteiger partial charge in [0.2, 0.25) is 0 Å². The number of nitrogens with zero attached hydrogens (tertiary/aromatic N) is 3. The Balaban J connectivity index is 2.21. The zero-order chi connectivity index (χ0) is 14.0. The zero-order valence-corrected chi connectivity index (χ0v) is 9.98. The highest BCUT2D eigenvalue weighted by molar-refractivity contribution is 5.95. The standard InChI is InChI=1S/C12H10F3N3O/c1-18-10(7-16-17-18)11(19)6-8-3-2-4-9(5-8)12(13,14)15/h2-5,7H,6H2,1H3.